The highest BCUT2D eigenvalue weighted by molar-refractivity contribution is 5.86. The molecule has 2 rings (SSSR count). The quantitative estimate of drug-likeness (QED) is 0.888. The minimum Gasteiger partial charge on any atom is -0.444 e. The monoisotopic (exact) mass is 348 g/mol. The summed E-state index contributed by atoms with van der Waals surface area (Å²) in [6, 6.07) is 7.43. The van der Waals surface area contributed by atoms with Crippen molar-refractivity contribution in [2.45, 2.75) is 58.4 Å². The number of amides is 2. The van der Waals surface area contributed by atoms with Gasteiger partial charge in [-0.1, -0.05) is 24.3 Å². The number of hydrogen-bond donors (Lipinski definition) is 1. The summed E-state index contributed by atoms with van der Waals surface area (Å²) in [5, 5.41) is 2.93. The summed E-state index contributed by atoms with van der Waals surface area (Å²) in [6.07, 6.45) is 1.04. The Bertz CT molecular complexity index is 610. The van der Waals surface area contributed by atoms with Gasteiger partial charge < -0.3 is 14.8 Å². The molecule has 0 saturated carbocycles. The number of nitrogens with zero attached hydrogens (tertiary/aromatic N) is 1. The Kier molecular flexibility index (Phi) is 6.42. The van der Waals surface area contributed by atoms with Crippen LogP contribution >= 0.6 is 0 Å². The molecule has 1 aliphatic rings. The molecule has 1 aliphatic heterocycles. The van der Waals surface area contributed by atoms with Gasteiger partial charge in [0.05, 0.1) is 6.61 Å². The Morgan fingerprint density at radius 3 is 2.68 bits per heavy atom. The number of nitrogens with one attached hydrogen (secondary N) is 1. The largest absolute Gasteiger partial charge is 0.444 e. The highest BCUT2D eigenvalue weighted by Gasteiger charge is 2.36. The van der Waals surface area contributed by atoms with Gasteiger partial charge in [-0.15, -0.1) is 0 Å². The summed E-state index contributed by atoms with van der Waals surface area (Å²) in [5.74, 6) is -0.138. The van der Waals surface area contributed by atoms with Gasteiger partial charge in [0.15, 0.2) is 0 Å². The molecule has 1 aromatic rings. The molecule has 0 bridgehead atoms. The lowest BCUT2D eigenvalue weighted by atomic mass is 10.1. The first kappa shape index (κ1) is 19.2. The van der Waals surface area contributed by atoms with E-state index in [0.717, 1.165) is 17.5 Å². The highest BCUT2D eigenvalue weighted by atomic mass is 16.6. The second-order valence-electron chi connectivity index (χ2n) is 7.30. The standard InChI is InChI=1S/C19H28N2O4/c1-19(2,3)25-18(23)21-10-6-9-16(21)17(22)20-12-14-7-5-8-15(11-14)13-24-4/h5,7-8,11,16H,6,9-10,12-13H2,1-4H3,(H,20,22)/t16-/m0/s1. The topological polar surface area (TPSA) is 67.9 Å². The van der Waals surface area contributed by atoms with Gasteiger partial charge >= 0.3 is 6.09 Å². The Morgan fingerprint density at radius 1 is 1.28 bits per heavy atom. The first-order valence-electron chi connectivity index (χ1n) is 8.64. The van der Waals surface area contributed by atoms with Gasteiger partial charge in [0.2, 0.25) is 5.91 Å². The summed E-state index contributed by atoms with van der Waals surface area (Å²) in [7, 11) is 1.65. The van der Waals surface area contributed by atoms with E-state index < -0.39 is 17.7 Å². The van der Waals surface area contributed by atoms with Crippen LogP contribution < -0.4 is 5.32 Å². The predicted molar refractivity (Wildman–Crippen MR) is 95.0 cm³/mol. The van der Waals surface area contributed by atoms with Crippen molar-refractivity contribution in [2.75, 3.05) is 13.7 Å². The van der Waals surface area contributed by atoms with E-state index in [1.807, 2.05) is 45.0 Å². The second kappa shape index (κ2) is 8.34. The maximum absolute atomic E-state index is 12.5. The molecule has 0 aromatic heterocycles. The smallest absolute Gasteiger partial charge is 0.410 e. The molecule has 0 spiro atoms. The van der Waals surface area contributed by atoms with Crippen LogP contribution in [0.1, 0.15) is 44.7 Å². The average molecular weight is 348 g/mol. The normalized spacial score (nSPS) is 17.4. The van der Waals surface area contributed by atoms with Crippen molar-refractivity contribution in [1.82, 2.24) is 10.2 Å². The van der Waals surface area contributed by atoms with Crippen molar-refractivity contribution < 1.29 is 19.1 Å². The Hall–Kier alpha value is -2.08. The number of methoxy groups -OCH3 is 1. The zero-order valence-electron chi connectivity index (χ0n) is 15.5. The highest BCUT2D eigenvalue weighted by Crippen LogP contribution is 2.21. The lowest BCUT2D eigenvalue weighted by Gasteiger charge is -2.28. The number of rotatable bonds is 5. The molecule has 6 nitrogen and oxygen atoms in total. The fourth-order valence-electron chi connectivity index (χ4n) is 2.88. The van der Waals surface area contributed by atoms with Crippen molar-refractivity contribution in [3.63, 3.8) is 0 Å². The molecule has 1 saturated heterocycles. The van der Waals surface area contributed by atoms with Gasteiger partial charge in [-0.2, -0.15) is 0 Å². The van der Waals surface area contributed by atoms with E-state index in [1.165, 1.54) is 4.90 Å². The van der Waals surface area contributed by atoms with Crippen LogP contribution in [0.15, 0.2) is 24.3 Å². The average Bonchev–Trinajstić information content (AvgIpc) is 3.01. The molecule has 0 aliphatic carbocycles. The molecule has 138 valence electrons. The van der Waals surface area contributed by atoms with Gasteiger partial charge in [0, 0.05) is 20.2 Å². The number of hydrogen-bond acceptors (Lipinski definition) is 4. The van der Waals surface area contributed by atoms with E-state index in [0.29, 0.717) is 26.1 Å². The maximum atomic E-state index is 12.5. The Labute approximate surface area is 149 Å². The summed E-state index contributed by atoms with van der Waals surface area (Å²) in [6.45, 7) is 6.98. The van der Waals surface area contributed by atoms with E-state index in [-0.39, 0.29) is 5.91 Å². The van der Waals surface area contributed by atoms with Crippen molar-refractivity contribution in [1.29, 1.82) is 0 Å². The van der Waals surface area contributed by atoms with Gasteiger partial charge in [0.25, 0.3) is 0 Å². The van der Waals surface area contributed by atoms with Crippen LogP contribution in [0.3, 0.4) is 0 Å². The molecule has 6 heteroatoms. The lowest BCUT2D eigenvalue weighted by molar-refractivity contribution is -0.125. The van der Waals surface area contributed by atoms with E-state index in [4.69, 9.17) is 9.47 Å². The number of carbonyl (C=O) groups is 2. The number of likely N-dealkylation sites (tertiary alicyclic amines) is 1. The van der Waals surface area contributed by atoms with Crippen LogP contribution in [0, 0.1) is 0 Å². The molecule has 25 heavy (non-hydrogen) atoms. The van der Waals surface area contributed by atoms with Crippen LogP contribution in [-0.2, 0) is 27.4 Å². The molecule has 1 N–H and O–H groups in total. The molecular formula is C19H28N2O4. The molecule has 1 atom stereocenters. The molecular weight excluding hydrogens is 320 g/mol. The van der Waals surface area contributed by atoms with E-state index in [2.05, 4.69) is 5.32 Å². The van der Waals surface area contributed by atoms with E-state index in [9.17, 15) is 9.59 Å². The molecule has 1 fully saturated rings. The van der Waals surface area contributed by atoms with E-state index >= 15 is 0 Å². The minimum absolute atomic E-state index is 0.138. The summed E-state index contributed by atoms with van der Waals surface area (Å²) in [5.41, 5.74) is 1.50. The Morgan fingerprint density at radius 2 is 2.00 bits per heavy atom. The van der Waals surface area contributed by atoms with Crippen LogP contribution in [0.5, 0.6) is 0 Å². The molecule has 0 unspecified atom stereocenters. The SMILES string of the molecule is COCc1cccc(CNC(=O)[C@@H]2CCCN2C(=O)OC(C)(C)C)c1. The summed E-state index contributed by atoms with van der Waals surface area (Å²) < 4.78 is 10.5. The minimum atomic E-state index is -0.567. The van der Waals surface area contributed by atoms with Gasteiger partial charge in [-0.25, -0.2) is 4.79 Å². The molecule has 0 radical (unpaired) electrons. The van der Waals surface area contributed by atoms with Crippen molar-refractivity contribution in [2.24, 2.45) is 0 Å². The first-order chi connectivity index (χ1) is 11.8. The Balaban J connectivity index is 1.93. The predicted octanol–water partition coefficient (Wildman–Crippen LogP) is 2.85. The van der Waals surface area contributed by atoms with Crippen LogP contribution in [0.25, 0.3) is 0 Å². The van der Waals surface area contributed by atoms with Crippen LogP contribution in [-0.4, -0.2) is 42.2 Å². The fraction of sp³-hybridized carbons (Fsp3) is 0.579. The molecule has 1 heterocycles. The van der Waals surface area contributed by atoms with Gasteiger partial charge in [-0.3, -0.25) is 9.69 Å². The molecule has 1 aromatic carbocycles. The number of carbonyl (C=O) groups excluding carboxylic acids is 2. The fourth-order valence-corrected chi connectivity index (χ4v) is 2.88. The summed E-state index contributed by atoms with van der Waals surface area (Å²) in [4.78, 5) is 26.3. The first-order valence-corrected chi connectivity index (χ1v) is 8.64. The summed E-state index contributed by atoms with van der Waals surface area (Å²) >= 11 is 0. The van der Waals surface area contributed by atoms with Crippen LogP contribution in [0.4, 0.5) is 4.79 Å². The second-order valence-corrected chi connectivity index (χ2v) is 7.30. The van der Waals surface area contributed by atoms with Crippen molar-refractivity contribution in [3.05, 3.63) is 35.4 Å². The third-order valence-corrected chi connectivity index (χ3v) is 3.95. The molecule has 2 amide bonds. The number of benzene rings is 1. The third-order valence-electron chi connectivity index (χ3n) is 3.95. The zero-order valence-corrected chi connectivity index (χ0v) is 15.5. The van der Waals surface area contributed by atoms with Crippen LogP contribution in [0.2, 0.25) is 0 Å². The van der Waals surface area contributed by atoms with Crippen molar-refractivity contribution >= 4 is 12.0 Å². The van der Waals surface area contributed by atoms with E-state index in [1.54, 1.807) is 7.11 Å². The lowest BCUT2D eigenvalue weighted by Crippen LogP contribution is -2.47. The maximum Gasteiger partial charge on any atom is 0.410 e. The number of ether oxygens (including phenoxy) is 2. The van der Waals surface area contributed by atoms with Crippen molar-refractivity contribution in [3.8, 4) is 0 Å². The van der Waals surface area contributed by atoms with Gasteiger partial charge in [-0.05, 0) is 44.7 Å². The zero-order chi connectivity index (χ0) is 18.4. The third kappa shape index (κ3) is 5.74. The van der Waals surface area contributed by atoms with Gasteiger partial charge in [0.1, 0.15) is 11.6 Å².